The number of amides is 6. The van der Waals surface area contributed by atoms with E-state index in [0.717, 1.165) is 0 Å². The van der Waals surface area contributed by atoms with E-state index in [-0.39, 0.29) is 113 Å². The standard InChI is InChI=1S/C20H34N6O8/c1-14(27)21-8-2-15(28)22-9-3-16(29)23-10-4-17(30)24-11-5-18(31)25-12-6-19(32)26-13-7-20(33)34/h2-13H2,1H3,(H,21,27)(H,22,28)(H,23,29)(H,24,30)(H,25,31)(H,26,32)(H,33,34). The quantitative estimate of drug-likeness (QED) is 0.107. The highest BCUT2D eigenvalue weighted by Gasteiger charge is 2.08. The molecule has 0 saturated heterocycles. The number of aliphatic carboxylic acids is 1. The van der Waals surface area contributed by atoms with Crippen molar-refractivity contribution < 1.29 is 38.7 Å². The van der Waals surface area contributed by atoms with E-state index in [1.807, 2.05) is 0 Å². The maximum absolute atomic E-state index is 11.7. The molecule has 7 N–H and O–H groups in total. The van der Waals surface area contributed by atoms with Gasteiger partial charge in [0.1, 0.15) is 0 Å². The Labute approximate surface area is 197 Å². The first-order chi connectivity index (χ1) is 16.1. The molecule has 0 aromatic heterocycles. The minimum Gasteiger partial charge on any atom is -0.481 e. The van der Waals surface area contributed by atoms with Crippen LogP contribution in [0.25, 0.3) is 0 Å². The number of carboxylic acids is 1. The molecular formula is C20H34N6O8. The van der Waals surface area contributed by atoms with Crippen LogP contribution in [0.4, 0.5) is 0 Å². The second-order valence-corrected chi connectivity index (χ2v) is 7.13. The summed E-state index contributed by atoms with van der Waals surface area (Å²) in [5.41, 5.74) is 0. The predicted octanol–water partition coefficient (Wildman–Crippen LogP) is -2.87. The first-order valence-electron chi connectivity index (χ1n) is 10.9. The van der Waals surface area contributed by atoms with Crippen molar-refractivity contribution in [1.29, 1.82) is 0 Å². The van der Waals surface area contributed by atoms with Gasteiger partial charge in [-0.2, -0.15) is 0 Å². The molecule has 0 aliphatic heterocycles. The maximum Gasteiger partial charge on any atom is 0.305 e. The van der Waals surface area contributed by atoms with E-state index in [2.05, 4.69) is 31.9 Å². The molecule has 14 heteroatoms. The average Bonchev–Trinajstić information content (AvgIpc) is 2.73. The first kappa shape index (κ1) is 30.3. The number of rotatable bonds is 18. The second-order valence-electron chi connectivity index (χ2n) is 7.13. The van der Waals surface area contributed by atoms with Crippen molar-refractivity contribution in [3.63, 3.8) is 0 Å². The fourth-order valence-electron chi connectivity index (χ4n) is 2.36. The first-order valence-corrected chi connectivity index (χ1v) is 10.9. The third-order valence-corrected chi connectivity index (χ3v) is 4.08. The Balaban J connectivity index is 3.68. The van der Waals surface area contributed by atoms with Gasteiger partial charge in [-0.25, -0.2) is 0 Å². The van der Waals surface area contributed by atoms with Crippen molar-refractivity contribution in [3.05, 3.63) is 0 Å². The van der Waals surface area contributed by atoms with Crippen LogP contribution in [0.3, 0.4) is 0 Å². The Kier molecular flexibility index (Phi) is 16.8. The summed E-state index contributed by atoms with van der Waals surface area (Å²) >= 11 is 0. The van der Waals surface area contributed by atoms with Crippen LogP contribution < -0.4 is 31.9 Å². The van der Waals surface area contributed by atoms with Gasteiger partial charge in [0.05, 0.1) is 6.42 Å². The Hall–Kier alpha value is -3.71. The number of hydrogen-bond acceptors (Lipinski definition) is 7. The lowest BCUT2D eigenvalue weighted by atomic mass is 10.3. The van der Waals surface area contributed by atoms with Gasteiger partial charge in [0, 0.05) is 78.3 Å². The summed E-state index contributed by atoms with van der Waals surface area (Å²) < 4.78 is 0. The normalized spacial score (nSPS) is 9.91. The Morgan fingerprint density at radius 1 is 0.441 bits per heavy atom. The molecule has 0 aliphatic carbocycles. The summed E-state index contributed by atoms with van der Waals surface area (Å²) in [6.07, 6.45) is 0.0296. The lowest BCUT2D eigenvalue weighted by Crippen LogP contribution is -2.35. The fourth-order valence-corrected chi connectivity index (χ4v) is 2.36. The van der Waals surface area contributed by atoms with Crippen molar-refractivity contribution in [2.75, 3.05) is 39.3 Å². The van der Waals surface area contributed by atoms with Crippen LogP contribution in [0.2, 0.25) is 0 Å². The number of hydrogen-bond donors (Lipinski definition) is 7. The van der Waals surface area contributed by atoms with Crippen molar-refractivity contribution in [3.8, 4) is 0 Å². The van der Waals surface area contributed by atoms with E-state index >= 15 is 0 Å². The van der Waals surface area contributed by atoms with Gasteiger partial charge in [0.2, 0.25) is 35.4 Å². The third kappa shape index (κ3) is 20.2. The molecule has 192 valence electrons. The Morgan fingerprint density at radius 2 is 0.676 bits per heavy atom. The van der Waals surface area contributed by atoms with Crippen LogP contribution >= 0.6 is 0 Å². The van der Waals surface area contributed by atoms with Gasteiger partial charge in [-0.15, -0.1) is 0 Å². The van der Waals surface area contributed by atoms with E-state index in [1.54, 1.807) is 0 Å². The SMILES string of the molecule is CC(=O)NCCC(=O)NCCC(=O)NCCC(=O)NCCC(=O)NCCC(=O)NCCC(=O)O. The van der Waals surface area contributed by atoms with E-state index in [1.165, 1.54) is 6.92 Å². The molecule has 0 fully saturated rings. The maximum atomic E-state index is 11.7. The van der Waals surface area contributed by atoms with Crippen LogP contribution in [0, 0.1) is 0 Å². The molecule has 0 aromatic carbocycles. The van der Waals surface area contributed by atoms with Gasteiger partial charge in [-0.05, 0) is 0 Å². The molecule has 0 radical (unpaired) electrons. The molecule has 0 heterocycles. The summed E-state index contributed by atoms with van der Waals surface area (Å²) in [5.74, 6) is -2.95. The summed E-state index contributed by atoms with van der Waals surface area (Å²) in [6, 6.07) is 0. The molecule has 6 amide bonds. The number of nitrogens with one attached hydrogen (secondary N) is 6. The average molecular weight is 487 g/mol. The lowest BCUT2D eigenvalue weighted by molar-refractivity contribution is -0.137. The molecule has 0 unspecified atom stereocenters. The van der Waals surface area contributed by atoms with Gasteiger partial charge >= 0.3 is 5.97 Å². The van der Waals surface area contributed by atoms with E-state index in [4.69, 9.17) is 5.11 Å². The highest BCUT2D eigenvalue weighted by atomic mass is 16.4. The molecule has 0 atom stereocenters. The molecule has 14 nitrogen and oxygen atoms in total. The highest BCUT2D eigenvalue weighted by molar-refractivity contribution is 5.82. The monoisotopic (exact) mass is 486 g/mol. The van der Waals surface area contributed by atoms with Crippen molar-refractivity contribution in [2.24, 2.45) is 0 Å². The van der Waals surface area contributed by atoms with Crippen LogP contribution in [-0.2, 0) is 33.6 Å². The molecule has 0 aromatic rings. The van der Waals surface area contributed by atoms with Crippen LogP contribution in [0.5, 0.6) is 0 Å². The van der Waals surface area contributed by atoms with Crippen molar-refractivity contribution in [1.82, 2.24) is 31.9 Å². The van der Waals surface area contributed by atoms with Crippen molar-refractivity contribution in [2.45, 2.75) is 45.4 Å². The number of carbonyl (C=O) groups is 7. The number of carboxylic acid groups (broad SMARTS) is 1. The van der Waals surface area contributed by atoms with Crippen molar-refractivity contribution >= 4 is 41.4 Å². The van der Waals surface area contributed by atoms with E-state index < -0.39 is 5.97 Å². The molecule has 0 bridgehead atoms. The third-order valence-electron chi connectivity index (χ3n) is 4.08. The fraction of sp³-hybridized carbons (Fsp3) is 0.650. The second kappa shape index (κ2) is 18.8. The van der Waals surface area contributed by atoms with E-state index in [9.17, 15) is 33.6 Å². The topological polar surface area (TPSA) is 212 Å². The smallest absolute Gasteiger partial charge is 0.305 e. The summed E-state index contributed by atoms with van der Waals surface area (Å²) in [4.78, 5) is 79.1. The summed E-state index contributed by atoms with van der Waals surface area (Å²) in [7, 11) is 0. The van der Waals surface area contributed by atoms with Gasteiger partial charge in [-0.3, -0.25) is 33.6 Å². The van der Waals surface area contributed by atoms with Crippen LogP contribution in [0.15, 0.2) is 0 Å². The van der Waals surface area contributed by atoms with Crippen LogP contribution in [-0.4, -0.2) is 85.8 Å². The van der Waals surface area contributed by atoms with Gasteiger partial charge in [-0.1, -0.05) is 0 Å². The molecule has 0 aliphatic rings. The zero-order valence-electron chi connectivity index (χ0n) is 19.3. The summed E-state index contributed by atoms with van der Waals surface area (Å²) in [6.45, 7) is 2.01. The molecule has 0 saturated carbocycles. The van der Waals surface area contributed by atoms with Gasteiger partial charge in [0.15, 0.2) is 0 Å². The molecule has 34 heavy (non-hydrogen) atoms. The van der Waals surface area contributed by atoms with Crippen LogP contribution in [0.1, 0.15) is 45.4 Å². The summed E-state index contributed by atoms with van der Waals surface area (Å²) in [5, 5.41) is 23.5. The highest BCUT2D eigenvalue weighted by Crippen LogP contribution is 1.86. The predicted molar refractivity (Wildman–Crippen MR) is 119 cm³/mol. The Bertz CT molecular complexity index is 670. The molecule has 0 rings (SSSR count). The van der Waals surface area contributed by atoms with Gasteiger partial charge in [0.25, 0.3) is 0 Å². The lowest BCUT2D eigenvalue weighted by Gasteiger charge is -2.08. The van der Waals surface area contributed by atoms with E-state index in [0.29, 0.717) is 0 Å². The van der Waals surface area contributed by atoms with Gasteiger partial charge < -0.3 is 37.0 Å². The Morgan fingerprint density at radius 3 is 0.912 bits per heavy atom. The number of carbonyl (C=O) groups excluding carboxylic acids is 6. The largest absolute Gasteiger partial charge is 0.481 e. The zero-order valence-corrected chi connectivity index (χ0v) is 19.3. The zero-order chi connectivity index (χ0) is 25.8. The molecular weight excluding hydrogens is 452 g/mol. The molecule has 0 spiro atoms. The minimum absolute atomic E-state index is 0.0121. The minimum atomic E-state index is -1.02.